The molecule has 29 heavy (non-hydrogen) atoms. The van der Waals surface area contributed by atoms with Gasteiger partial charge in [0.15, 0.2) is 0 Å². The average Bonchev–Trinajstić information content (AvgIpc) is 2.76. The number of hydrogen-bond acceptors (Lipinski definition) is 7. The summed E-state index contributed by atoms with van der Waals surface area (Å²) in [5.41, 5.74) is 1.06. The van der Waals surface area contributed by atoms with Crippen LogP contribution in [0.2, 0.25) is 5.02 Å². The second-order valence-electron chi connectivity index (χ2n) is 6.20. The quantitative estimate of drug-likeness (QED) is 0.626. The first-order valence-corrected chi connectivity index (χ1v) is 9.16. The molecule has 0 radical (unpaired) electrons. The summed E-state index contributed by atoms with van der Waals surface area (Å²) in [6.07, 6.45) is 6.31. The SMILES string of the molecule is O=C1NCN=C2NC=NCC12.O=c1c2c(Cl)cccc2ncn1-c1cccnc1. The standard InChI is InChI=1S/C13H8ClN3O.C6H8N4O/c14-10-4-1-5-11-12(10)13(18)17(8-16-11)9-3-2-6-15-7-9;11-6-4-1-7-2-8-5(4)9-3-10-6/h1-8H;2,4H,1,3H2,(H,10,11)(H,7,8,9). The summed E-state index contributed by atoms with van der Waals surface area (Å²) < 4.78 is 1.43. The Morgan fingerprint density at radius 1 is 1.17 bits per heavy atom. The molecule has 9 nitrogen and oxygen atoms in total. The van der Waals surface area contributed by atoms with Crippen molar-refractivity contribution in [3.8, 4) is 5.69 Å². The van der Waals surface area contributed by atoms with Crippen LogP contribution in [-0.2, 0) is 4.79 Å². The lowest BCUT2D eigenvalue weighted by molar-refractivity contribution is -0.123. The fraction of sp³-hybridized carbons (Fsp3) is 0.158. The number of aromatic nitrogens is 3. The largest absolute Gasteiger partial charge is 0.336 e. The first-order valence-electron chi connectivity index (χ1n) is 8.78. The minimum atomic E-state index is -0.196. The van der Waals surface area contributed by atoms with E-state index < -0.39 is 0 Å². The van der Waals surface area contributed by atoms with Crippen molar-refractivity contribution in [2.24, 2.45) is 15.9 Å². The fourth-order valence-corrected chi connectivity index (χ4v) is 3.20. The number of carbonyl (C=O) groups is 1. The van der Waals surface area contributed by atoms with Gasteiger partial charge in [-0.1, -0.05) is 17.7 Å². The molecular weight excluding hydrogens is 394 g/mol. The summed E-state index contributed by atoms with van der Waals surface area (Å²) in [5, 5.41) is 6.32. The van der Waals surface area contributed by atoms with Gasteiger partial charge in [0.2, 0.25) is 5.91 Å². The normalized spacial score (nSPS) is 17.3. The van der Waals surface area contributed by atoms with E-state index in [1.54, 1.807) is 49.1 Å². The molecule has 0 saturated heterocycles. The van der Waals surface area contributed by atoms with Crippen LogP contribution in [0.1, 0.15) is 0 Å². The lowest BCUT2D eigenvalue weighted by Gasteiger charge is -2.23. The zero-order valence-electron chi connectivity index (χ0n) is 15.1. The summed E-state index contributed by atoms with van der Waals surface area (Å²) >= 11 is 6.05. The van der Waals surface area contributed by atoms with E-state index in [1.807, 2.05) is 0 Å². The van der Waals surface area contributed by atoms with Crippen molar-refractivity contribution < 1.29 is 4.79 Å². The fourth-order valence-electron chi connectivity index (χ4n) is 2.95. The number of nitrogens with one attached hydrogen (secondary N) is 2. The summed E-state index contributed by atoms with van der Waals surface area (Å²) in [6.45, 7) is 0.892. The minimum Gasteiger partial charge on any atom is -0.336 e. The van der Waals surface area contributed by atoms with Crippen LogP contribution in [-0.4, -0.2) is 45.8 Å². The van der Waals surface area contributed by atoms with Crippen LogP contribution in [0.15, 0.2) is 63.8 Å². The van der Waals surface area contributed by atoms with E-state index in [-0.39, 0.29) is 17.4 Å². The number of benzene rings is 1. The molecule has 4 heterocycles. The van der Waals surface area contributed by atoms with E-state index in [4.69, 9.17) is 11.6 Å². The molecule has 1 aromatic carbocycles. The molecule has 2 aromatic heterocycles. The molecule has 146 valence electrons. The third-order valence-electron chi connectivity index (χ3n) is 4.40. The maximum Gasteiger partial charge on any atom is 0.267 e. The minimum absolute atomic E-state index is 0.0133. The molecule has 1 unspecified atom stereocenters. The predicted molar refractivity (Wildman–Crippen MR) is 111 cm³/mol. The lowest BCUT2D eigenvalue weighted by Crippen LogP contribution is -2.49. The number of rotatable bonds is 1. The van der Waals surface area contributed by atoms with E-state index in [0.717, 1.165) is 5.84 Å². The maximum absolute atomic E-state index is 12.4. The van der Waals surface area contributed by atoms with Gasteiger partial charge in [-0.25, -0.2) is 4.98 Å². The number of halogens is 1. The predicted octanol–water partition coefficient (Wildman–Crippen LogP) is 1.15. The number of aliphatic imine (C=N–C) groups is 2. The van der Waals surface area contributed by atoms with Gasteiger partial charge in [-0.2, -0.15) is 0 Å². The molecular formula is C19H16ClN7O2. The Balaban J connectivity index is 0.000000159. The first-order chi connectivity index (χ1) is 14.1. The molecule has 1 amide bonds. The highest BCUT2D eigenvalue weighted by atomic mass is 35.5. The van der Waals surface area contributed by atoms with Crippen molar-refractivity contribution in [1.82, 2.24) is 25.2 Å². The zero-order chi connectivity index (χ0) is 20.2. The van der Waals surface area contributed by atoms with Gasteiger partial charge in [-0.05, 0) is 24.3 Å². The number of carbonyl (C=O) groups excluding carboxylic acids is 1. The lowest BCUT2D eigenvalue weighted by atomic mass is 10.1. The van der Waals surface area contributed by atoms with Gasteiger partial charge in [-0.15, -0.1) is 0 Å². The molecule has 0 bridgehead atoms. The van der Waals surface area contributed by atoms with Gasteiger partial charge in [0.05, 0.1) is 40.7 Å². The third-order valence-corrected chi connectivity index (χ3v) is 4.72. The van der Waals surface area contributed by atoms with E-state index in [1.165, 1.54) is 10.9 Å². The molecule has 2 N–H and O–H groups in total. The third kappa shape index (κ3) is 3.85. The van der Waals surface area contributed by atoms with Crippen molar-refractivity contribution in [3.63, 3.8) is 0 Å². The van der Waals surface area contributed by atoms with Gasteiger partial charge in [0.25, 0.3) is 5.56 Å². The topological polar surface area (TPSA) is 114 Å². The van der Waals surface area contributed by atoms with Crippen molar-refractivity contribution in [3.05, 3.63) is 64.4 Å². The van der Waals surface area contributed by atoms with Gasteiger partial charge in [-0.3, -0.25) is 29.1 Å². The van der Waals surface area contributed by atoms with Crippen LogP contribution in [0.3, 0.4) is 0 Å². The van der Waals surface area contributed by atoms with E-state index >= 15 is 0 Å². The van der Waals surface area contributed by atoms with Crippen LogP contribution < -0.4 is 16.2 Å². The monoisotopic (exact) mass is 409 g/mol. The highest BCUT2D eigenvalue weighted by Crippen LogP contribution is 2.18. The highest BCUT2D eigenvalue weighted by molar-refractivity contribution is 6.35. The van der Waals surface area contributed by atoms with Crippen LogP contribution in [0, 0.1) is 5.92 Å². The molecule has 3 aromatic rings. The van der Waals surface area contributed by atoms with Crippen molar-refractivity contribution in [2.75, 3.05) is 13.2 Å². The molecule has 0 saturated carbocycles. The van der Waals surface area contributed by atoms with Gasteiger partial charge in [0.1, 0.15) is 24.7 Å². The first kappa shape index (κ1) is 18.8. The number of amides is 1. The summed E-state index contributed by atoms with van der Waals surface area (Å²) in [4.78, 5) is 39.7. The Bertz CT molecular complexity index is 1170. The van der Waals surface area contributed by atoms with Crippen molar-refractivity contribution in [2.45, 2.75) is 0 Å². The van der Waals surface area contributed by atoms with Crippen molar-refractivity contribution in [1.29, 1.82) is 0 Å². The second kappa shape index (κ2) is 8.19. The smallest absolute Gasteiger partial charge is 0.267 e. The molecule has 5 rings (SSSR count). The maximum atomic E-state index is 12.4. The molecule has 0 fully saturated rings. The zero-order valence-corrected chi connectivity index (χ0v) is 15.9. The van der Waals surface area contributed by atoms with Gasteiger partial charge >= 0.3 is 0 Å². The summed E-state index contributed by atoms with van der Waals surface area (Å²) in [6, 6.07) is 8.76. The Morgan fingerprint density at radius 3 is 2.86 bits per heavy atom. The number of hydrogen-bond donors (Lipinski definition) is 2. The van der Waals surface area contributed by atoms with E-state index in [0.29, 0.717) is 34.8 Å². The Kier molecular flexibility index (Phi) is 5.30. The average molecular weight is 410 g/mol. The van der Waals surface area contributed by atoms with Crippen LogP contribution in [0.4, 0.5) is 0 Å². The van der Waals surface area contributed by atoms with Gasteiger partial charge < -0.3 is 10.6 Å². The summed E-state index contributed by atoms with van der Waals surface area (Å²) in [7, 11) is 0. The second-order valence-corrected chi connectivity index (χ2v) is 6.61. The molecule has 10 heteroatoms. The van der Waals surface area contributed by atoms with E-state index in [9.17, 15) is 9.59 Å². The van der Waals surface area contributed by atoms with Crippen LogP contribution in [0.5, 0.6) is 0 Å². The number of pyridine rings is 1. The van der Waals surface area contributed by atoms with E-state index in [2.05, 4.69) is 30.6 Å². The Hall–Kier alpha value is -3.59. The van der Waals surface area contributed by atoms with Crippen LogP contribution >= 0.6 is 11.6 Å². The highest BCUT2D eigenvalue weighted by Gasteiger charge is 2.28. The Labute approximate surface area is 170 Å². The molecule has 0 spiro atoms. The van der Waals surface area contributed by atoms with Gasteiger partial charge in [0, 0.05) is 6.20 Å². The molecule has 2 aliphatic rings. The number of amidine groups is 1. The molecule has 0 aliphatic carbocycles. The number of nitrogens with zero attached hydrogens (tertiary/aromatic N) is 5. The molecule has 1 atom stereocenters. The molecule has 2 aliphatic heterocycles. The Morgan fingerprint density at radius 2 is 2.07 bits per heavy atom. The van der Waals surface area contributed by atoms with Crippen molar-refractivity contribution >= 4 is 40.6 Å². The summed E-state index contributed by atoms with van der Waals surface area (Å²) in [5.74, 6) is 0.567. The van der Waals surface area contributed by atoms with Crippen LogP contribution in [0.25, 0.3) is 16.6 Å². The number of fused-ring (bicyclic) bond motifs is 2.